The number of nitrogens with one attached hydrogen (secondary N) is 1. The minimum absolute atomic E-state index is 0.0494. The Morgan fingerprint density at radius 3 is 2.65 bits per heavy atom. The lowest BCUT2D eigenvalue weighted by Crippen LogP contribution is -2.24. The summed E-state index contributed by atoms with van der Waals surface area (Å²) in [7, 11) is 0. The van der Waals surface area contributed by atoms with E-state index in [-0.39, 0.29) is 5.91 Å². The molecule has 0 unspecified atom stereocenters. The van der Waals surface area contributed by atoms with Crippen LogP contribution < -0.4 is 10.1 Å². The third kappa shape index (κ3) is 5.21. The quantitative estimate of drug-likeness (QED) is 0.706. The Bertz CT molecular complexity index is 418. The number of ether oxygens (including phenoxy) is 2. The van der Waals surface area contributed by atoms with E-state index < -0.39 is 0 Å². The lowest BCUT2D eigenvalue weighted by molar-refractivity contribution is 0.0952. The van der Waals surface area contributed by atoms with Crippen molar-refractivity contribution < 1.29 is 14.3 Å². The number of hydrogen-bond donors (Lipinski definition) is 1. The molecule has 1 aromatic rings. The van der Waals surface area contributed by atoms with Crippen LogP contribution in [0.3, 0.4) is 0 Å². The van der Waals surface area contributed by atoms with Gasteiger partial charge in [0, 0.05) is 24.3 Å². The third-order valence-electron chi connectivity index (χ3n) is 2.76. The van der Waals surface area contributed by atoms with Crippen molar-refractivity contribution in [3.8, 4) is 5.75 Å². The van der Waals surface area contributed by atoms with Crippen molar-refractivity contribution in [2.45, 2.75) is 40.2 Å². The van der Waals surface area contributed by atoms with Gasteiger partial charge in [0.05, 0.1) is 13.2 Å². The van der Waals surface area contributed by atoms with Crippen LogP contribution in [0.25, 0.3) is 0 Å². The highest BCUT2D eigenvalue weighted by Crippen LogP contribution is 2.21. The zero-order valence-corrected chi connectivity index (χ0v) is 12.7. The van der Waals surface area contributed by atoms with Gasteiger partial charge in [0.2, 0.25) is 0 Å². The van der Waals surface area contributed by atoms with Gasteiger partial charge in [-0.25, -0.2) is 0 Å². The molecule has 0 aromatic heterocycles. The Balaban J connectivity index is 2.82. The molecular formula is C16H25NO3. The normalized spacial score (nSPS) is 10.3. The van der Waals surface area contributed by atoms with Crippen LogP contribution in [0.15, 0.2) is 18.2 Å². The van der Waals surface area contributed by atoms with Gasteiger partial charge >= 0.3 is 0 Å². The predicted molar refractivity (Wildman–Crippen MR) is 80.2 cm³/mol. The number of benzene rings is 1. The zero-order chi connectivity index (χ0) is 14.8. The van der Waals surface area contributed by atoms with E-state index in [0.717, 1.165) is 24.2 Å². The van der Waals surface area contributed by atoms with Crippen LogP contribution in [-0.2, 0) is 11.3 Å². The van der Waals surface area contributed by atoms with Crippen LogP contribution in [0.1, 0.15) is 49.5 Å². The molecule has 1 rings (SSSR count). The summed E-state index contributed by atoms with van der Waals surface area (Å²) in [6.07, 6.45) is 1.90. The standard InChI is InChI=1S/C16H25NO3/c1-4-9-17-16(18)13-7-8-15(20-6-3)14(11-13)12-19-10-5-2/h7-8,11H,4-6,9-10,12H2,1-3H3,(H,17,18). The summed E-state index contributed by atoms with van der Waals surface area (Å²) in [4.78, 5) is 12.0. The van der Waals surface area contributed by atoms with E-state index in [1.807, 2.05) is 26.0 Å². The lowest BCUT2D eigenvalue weighted by atomic mass is 10.1. The van der Waals surface area contributed by atoms with E-state index in [0.29, 0.717) is 31.9 Å². The fraction of sp³-hybridized carbons (Fsp3) is 0.562. The number of carbonyl (C=O) groups is 1. The highest BCUT2D eigenvalue weighted by atomic mass is 16.5. The van der Waals surface area contributed by atoms with Gasteiger partial charge in [-0.15, -0.1) is 0 Å². The van der Waals surface area contributed by atoms with E-state index in [2.05, 4.69) is 12.2 Å². The minimum atomic E-state index is -0.0494. The predicted octanol–water partition coefficient (Wildman–Crippen LogP) is 3.15. The first-order valence-electron chi connectivity index (χ1n) is 7.34. The summed E-state index contributed by atoms with van der Waals surface area (Å²) in [6, 6.07) is 5.49. The Kier molecular flexibility index (Phi) is 7.73. The number of hydrogen-bond acceptors (Lipinski definition) is 3. The molecule has 0 fully saturated rings. The van der Waals surface area contributed by atoms with Crippen molar-refractivity contribution in [2.24, 2.45) is 0 Å². The van der Waals surface area contributed by atoms with Gasteiger partial charge in [0.15, 0.2) is 0 Å². The first kappa shape index (κ1) is 16.5. The zero-order valence-electron chi connectivity index (χ0n) is 12.7. The second-order valence-electron chi connectivity index (χ2n) is 4.56. The van der Waals surface area contributed by atoms with Crippen LogP contribution in [0.5, 0.6) is 5.75 Å². The molecule has 0 atom stereocenters. The van der Waals surface area contributed by atoms with E-state index in [1.54, 1.807) is 6.07 Å². The smallest absolute Gasteiger partial charge is 0.251 e. The molecular weight excluding hydrogens is 254 g/mol. The average molecular weight is 279 g/mol. The van der Waals surface area contributed by atoms with Crippen LogP contribution in [0.4, 0.5) is 0 Å². The molecule has 0 saturated carbocycles. The molecule has 1 N–H and O–H groups in total. The molecule has 0 bridgehead atoms. The molecule has 0 spiro atoms. The maximum atomic E-state index is 12.0. The Morgan fingerprint density at radius 1 is 1.20 bits per heavy atom. The summed E-state index contributed by atoms with van der Waals surface area (Å²) >= 11 is 0. The average Bonchev–Trinajstić information content (AvgIpc) is 2.46. The Morgan fingerprint density at radius 2 is 2.00 bits per heavy atom. The van der Waals surface area contributed by atoms with Crippen molar-refractivity contribution in [1.29, 1.82) is 0 Å². The van der Waals surface area contributed by atoms with Crippen molar-refractivity contribution in [3.63, 3.8) is 0 Å². The maximum absolute atomic E-state index is 12.0. The summed E-state index contributed by atoms with van der Waals surface area (Å²) in [6.45, 7) is 8.50. The summed E-state index contributed by atoms with van der Waals surface area (Å²) in [5.74, 6) is 0.738. The van der Waals surface area contributed by atoms with E-state index in [4.69, 9.17) is 9.47 Å². The van der Waals surface area contributed by atoms with Gasteiger partial charge in [-0.1, -0.05) is 13.8 Å². The first-order chi connectivity index (χ1) is 9.72. The number of rotatable bonds is 9. The van der Waals surface area contributed by atoms with Gasteiger partial charge in [-0.2, -0.15) is 0 Å². The molecule has 1 amide bonds. The maximum Gasteiger partial charge on any atom is 0.251 e. The van der Waals surface area contributed by atoms with Crippen LogP contribution in [0.2, 0.25) is 0 Å². The summed E-state index contributed by atoms with van der Waals surface area (Å²) in [5.41, 5.74) is 1.57. The van der Waals surface area contributed by atoms with Crippen molar-refractivity contribution in [3.05, 3.63) is 29.3 Å². The molecule has 0 saturated heterocycles. The van der Waals surface area contributed by atoms with Crippen molar-refractivity contribution in [2.75, 3.05) is 19.8 Å². The Labute approximate surface area is 121 Å². The van der Waals surface area contributed by atoms with Gasteiger partial charge in [0.25, 0.3) is 5.91 Å². The van der Waals surface area contributed by atoms with Crippen molar-refractivity contribution >= 4 is 5.91 Å². The minimum Gasteiger partial charge on any atom is -0.494 e. The summed E-state index contributed by atoms with van der Waals surface area (Å²) < 4.78 is 11.1. The monoisotopic (exact) mass is 279 g/mol. The topological polar surface area (TPSA) is 47.6 Å². The van der Waals surface area contributed by atoms with Crippen LogP contribution >= 0.6 is 0 Å². The molecule has 0 aliphatic rings. The van der Waals surface area contributed by atoms with Crippen LogP contribution in [0, 0.1) is 0 Å². The van der Waals surface area contributed by atoms with Gasteiger partial charge in [-0.05, 0) is 38.0 Å². The fourth-order valence-electron chi connectivity index (χ4n) is 1.80. The Hall–Kier alpha value is -1.55. The number of amides is 1. The second kappa shape index (κ2) is 9.37. The van der Waals surface area contributed by atoms with Crippen LogP contribution in [-0.4, -0.2) is 25.7 Å². The molecule has 4 nitrogen and oxygen atoms in total. The van der Waals surface area contributed by atoms with Gasteiger partial charge in [0.1, 0.15) is 5.75 Å². The molecule has 0 radical (unpaired) electrons. The molecule has 0 aliphatic carbocycles. The molecule has 20 heavy (non-hydrogen) atoms. The largest absolute Gasteiger partial charge is 0.494 e. The van der Waals surface area contributed by atoms with Gasteiger partial charge < -0.3 is 14.8 Å². The highest BCUT2D eigenvalue weighted by molar-refractivity contribution is 5.94. The molecule has 0 heterocycles. The molecule has 1 aromatic carbocycles. The van der Waals surface area contributed by atoms with E-state index in [9.17, 15) is 4.79 Å². The fourth-order valence-corrected chi connectivity index (χ4v) is 1.80. The third-order valence-corrected chi connectivity index (χ3v) is 2.76. The lowest BCUT2D eigenvalue weighted by Gasteiger charge is -2.12. The molecule has 4 heteroatoms. The summed E-state index contributed by atoms with van der Waals surface area (Å²) in [5, 5.41) is 2.87. The van der Waals surface area contributed by atoms with Gasteiger partial charge in [-0.3, -0.25) is 4.79 Å². The first-order valence-corrected chi connectivity index (χ1v) is 7.34. The highest BCUT2D eigenvalue weighted by Gasteiger charge is 2.10. The molecule has 112 valence electrons. The van der Waals surface area contributed by atoms with Crippen molar-refractivity contribution in [1.82, 2.24) is 5.32 Å². The van der Waals surface area contributed by atoms with E-state index >= 15 is 0 Å². The van der Waals surface area contributed by atoms with E-state index in [1.165, 1.54) is 0 Å². The molecule has 0 aliphatic heterocycles. The number of carbonyl (C=O) groups excluding carboxylic acids is 1. The SMILES string of the molecule is CCCNC(=O)c1ccc(OCC)c(COCCC)c1. The second-order valence-corrected chi connectivity index (χ2v) is 4.56.